The molecule has 98 valence electrons. The number of hydrogen-bond donors (Lipinski definition) is 1. The summed E-state index contributed by atoms with van der Waals surface area (Å²) >= 11 is 0. The Labute approximate surface area is 108 Å². The molecule has 0 saturated carbocycles. The molecule has 0 saturated heterocycles. The third-order valence-corrected chi connectivity index (χ3v) is 2.72. The van der Waals surface area contributed by atoms with Crippen molar-refractivity contribution in [1.82, 2.24) is 0 Å². The second-order valence-electron chi connectivity index (χ2n) is 4.11. The van der Waals surface area contributed by atoms with E-state index in [1.807, 2.05) is 0 Å². The highest BCUT2D eigenvalue weighted by molar-refractivity contribution is 5.98. The highest BCUT2D eigenvalue weighted by Crippen LogP contribution is 2.13. The van der Waals surface area contributed by atoms with Crippen LogP contribution in [-0.4, -0.2) is 10.9 Å². The molecule has 0 aliphatic carbocycles. The lowest BCUT2D eigenvalue weighted by atomic mass is 10.0. The molecule has 5 heteroatoms. The number of benzene rings is 1. The number of carbonyl (C=O) groups excluding carboxylic acids is 1. The molecule has 1 heterocycles. The van der Waals surface area contributed by atoms with Crippen molar-refractivity contribution in [2.45, 2.75) is 13.3 Å². The molecule has 0 unspecified atom stereocenters. The summed E-state index contributed by atoms with van der Waals surface area (Å²) in [5.41, 5.74) is -0.353. The van der Waals surface area contributed by atoms with Crippen molar-refractivity contribution in [2.24, 2.45) is 0 Å². The fraction of sp³-hybridized carbons (Fsp3) is 0.143. The fourth-order valence-corrected chi connectivity index (χ4v) is 1.74. The van der Waals surface area contributed by atoms with Gasteiger partial charge in [-0.3, -0.25) is 9.59 Å². The Bertz CT molecular complexity index is 671. The molecule has 0 amide bonds. The van der Waals surface area contributed by atoms with Crippen LogP contribution in [0.5, 0.6) is 5.75 Å². The van der Waals surface area contributed by atoms with Gasteiger partial charge in [-0.1, -0.05) is 12.1 Å². The van der Waals surface area contributed by atoms with E-state index in [4.69, 9.17) is 4.42 Å². The standard InChI is InChI=1S/C14H11FO4/c1-8-13(14(18)12(17)7-19-8)11(16)6-9-2-4-10(15)5-3-9/h2-5,7,17H,6H2,1H3. The molecule has 0 bridgehead atoms. The van der Waals surface area contributed by atoms with Gasteiger partial charge in [0.2, 0.25) is 5.43 Å². The molecule has 0 spiro atoms. The highest BCUT2D eigenvalue weighted by atomic mass is 19.1. The maximum Gasteiger partial charge on any atom is 0.237 e. The van der Waals surface area contributed by atoms with Crippen LogP contribution in [-0.2, 0) is 6.42 Å². The van der Waals surface area contributed by atoms with E-state index >= 15 is 0 Å². The summed E-state index contributed by atoms with van der Waals surface area (Å²) in [6.07, 6.45) is 0.835. The number of rotatable bonds is 3. The van der Waals surface area contributed by atoms with Gasteiger partial charge in [0, 0.05) is 6.42 Å². The van der Waals surface area contributed by atoms with Crippen molar-refractivity contribution in [3.05, 3.63) is 63.5 Å². The Morgan fingerprint density at radius 2 is 1.95 bits per heavy atom. The van der Waals surface area contributed by atoms with Gasteiger partial charge < -0.3 is 9.52 Å². The van der Waals surface area contributed by atoms with Crippen LogP contribution >= 0.6 is 0 Å². The van der Waals surface area contributed by atoms with Crippen LogP contribution in [0.3, 0.4) is 0 Å². The molecule has 0 fully saturated rings. The molecular formula is C14H11FO4. The number of Topliss-reactive ketones (excluding diaryl/α,β-unsaturated/α-hetero) is 1. The molecular weight excluding hydrogens is 251 g/mol. The van der Waals surface area contributed by atoms with Crippen LogP contribution in [0, 0.1) is 12.7 Å². The number of halogens is 1. The van der Waals surface area contributed by atoms with Gasteiger partial charge in [0.15, 0.2) is 11.5 Å². The van der Waals surface area contributed by atoms with Gasteiger partial charge in [0.1, 0.15) is 23.4 Å². The maximum atomic E-state index is 12.7. The molecule has 19 heavy (non-hydrogen) atoms. The first kappa shape index (κ1) is 13.0. The van der Waals surface area contributed by atoms with Crippen LogP contribution in [0.25, 0.3) is 0 Å². The normalized spacial score (nSPS) is 10.4. The van der Waals surface area contributed by atoms with Crippen molar-refractivity contribution in [3.8, 4) is 5.75 Å². The minimum atomic E-state index is -0.754. The van der Waals surface area contributed by atoms with E-state index in [-0.39, 0.29) is 17.7 Å². The van der Waals surface area contributed by atoms with E-state index in [0.29, 0.717) is 5.56 Å². The molecule has 1 aromatic carbocycles. The average Bonchev–Trinajstić information content (AvgIpc) is 2.37. The monoisotopic (exact) mass is 262 g/mol. The van der Waals surface area contributed by atoms with Gasteiger partial charge in [-0.05, 0) is 24.6 Å². The summed E-state index contributed by atoms with van der Waals surface area (Å²) < 4.78 is 17.7. The number of aromatic hydroxyl groups is 1. The van der Waals surface area contributed by atoms with Gasteiger partial charge in [-0.25, -0.2) is 4.39 Å². The van der Waals surface area contributed by atoms with Gasteiger partial charge in [0.05, 0.1) is 0 Å². The molecule has 1 aromatic heterocycles. The van der Waals surface area contributed by atoms with E-state index < -0.39 is 22.8 Å². The zero-order valence-corrected chi connectivity index (χ0v) is 10.1. The number of carbonyl (C=O) groups is 1. The second kappa shape index (κ2) is 5.06. The van der Waals surface area contributed by atoms with E-state index in [1.165, 1.54) is 31.2 Å². The zero-order chi connectivity index (χ0) is 14.0. The summed E-state index contributed by atoms with van der Waals surface area (Å²) in [6, 6.07) is 5.40. The van der Waals surface area contributed by atoms with Crippen LogP contribution in [0.4, 0.5) is 4.39 Å². The van der Waals surface area contributed by atoms with Crippen molar-refractivity contribution in [3.63, 3.8) is 0 Å². The third-order valence-electron chi connectivity index (χ3n) is 2.72. The van der Waals surface area contributed by atoms with E-state index in [0.717, 1.165) is 6.26 Å². The largest absolute Gasteiger partial charge is 0.502 e. The van der Waals surface area contributed by atoms with Gasteiger partial charge in [0.25, 0.3) is 0 Å². The summed E-state index contributed by atoms with van der Waals surface area (Å²) in [6.45, 7) is 1.47. The van der Waals surface area contributed by atoms with Crippen molar-refractivity contribution < 1.29 is 18.7 Å². The molecule has 0 aliphatic rings. The van der Waals surface area contributed by atoms with Crippen molar-refractivity contribution in [1.29, 1.82) is 0 Å². The van der Waals surface area contributed by atoms with Gasteiger partial charge >= 0.3 is 0 Å². The molecule has 4 nitrogen and oxygen atoms in total. The summed E-state index contributed by atoms with van der Waals surface area (Å²) in [5, 5.41) is 9.27. The average molecular weight is 262 g/mol. The third kappa shape index (κ3) is 2.70. The Kier molecular flexibility index (Phi) is 3.46. The van der Waals surface area contributed by atoms with Gasteiger partial charge in [-0.15, -0.1) is 0 Å². The number of hydrogen-bond acceptors (Lipinski definition) is 4. The summed E-state index contributed by atoms with van der Waals surface area (Å²) in [5.74, 6) is -1.33. The Morgan fingerprint density at radius 1 is 1.32 bits per heavy atom. The lowest BCUT2D eigenvalue weighted by Gasteiger charge is -2.04. The molecule has 2 rings (SSSR count). The Balaban J connectivity index is 2.33. The summed E-state index contributed by atoms with van der Waals surface area (Å²) in [4.78, 5) is 23.7. The lowest BCUT2D eigenvalue weighted by Crippen LogP contribution is -2.18. The van der Waals surface area contributed by atoms with Crippen molar-refractivity contribution >= 4 is 5.78 Å². The Morgan fingerprint density at radius 3 is 2.58 bits per heavy atom. The van der Waals surface area contributed by atoms with E-state index in [2.05, 4.69) is 0 Å². The molecule has 0 aliphatic heterocycles. The van der Waals surface area contributed by atoms with Gasteiger partial charge in [-0.2, -0.15) is 0 Å². The predicted octanol–water partition coefficient (Wildman–Crippen LogP) is 2.22. The quantitative estimate of drug-likeness (QED) is 0.861. The number of ketones is 1. The van der Waals surface area contributed by atoms with E-state index in [9.17, 15) is 19.1 Å². The minimum absolute atomic E-state index is 0.0602. The van der Waals surface area contributed by atoms with Crippen LogP contribution in [0.2, 0.25) is 0 Å². The topological polar surface area (TPSA) is 67.5 Å². The van der Waals surface area contributed by atoms with Crippen LogP contribution < -0.4 is 5.43 Å². The second-order valence-corrected chi connectivity index (χ2v) is 4.11. The van der Waals surface area contributed by atoms with E-state index in [1.54, 1.807) is 0 Å². The number of aryl methyl sites for hydroxylation is 1. The summed E-state index contributed by atoms with van der Waals surface area (Å²) in [7, 11) is 0. The lowest BCUT2D eigenvalue weighted by molar-refractivity contribution is 0.0988. The van der Waals surface area contributed by atoms with Crippen LogP contribution in [0.1, 0.15) is 21.7 Å². The molecule has 0 radical (unpaired) electrons. The SMILES string of the molecule is Cc1occ(O)c(=O)c1C(=O)Cc1ccc(F)cc1. The molecule has 0 atom stereocenters. The predicted molar refractivity (Wildman–Crippen MR) is 65.8 cm³/mol. The maximum absolute atomic E-state index is 12.7. The van der Waals surface area contributed by atoms with Crippen molar-refractivity contribution in [2.75, 3.05) is 0 Å². The zero-order valence-electron chi connectivity index (χ0n) is 10.1. The minimum Gasteiger partial charge on any atom is -0.502 e. The fourth-order valence-electron chi connectivity index (χ4n) is 1.74. The molecule has 1 N–H and O–H groups in total. The first-order valence-corrected chi connectivity index (χ1v) is 5.58. The molecule has 2 aromatic rings. The Hall–Kier alpha value is -2.43. The highest BCUT2D eigenvalue weighted by Gasteiger charge is 2.18. The first-order chi connectivity index (χ1) is 8.99. The van der Waals surface area contributed by atoms with Crippen LogP contribution in [0.15, 0.2) is 39.7 Å². The smallest absolute Gasteiger partial charge is 0.237 e. The first-order valence-electron chi connectivity index (χ1n) is 5.58.